The smallest absolute Gasteiger partial charge is 0.227 e. The van der Waals surface area contributed by atoms with Crippen LogP contribution in [0.5, 0.6) is 0 Å². The number of carbonyl (C=O) groups excluding carboxylic acids is 1. The molecule has 2 N–H and O–H groups in total. The summed E-state index contributed by atoms with van der Waals surface area (Å²) in [4.78, 5) is 21.9. The maximum absolute atomic E-state index is 13.2. The second kappa shape index (κ2) is 9.12. The van der Waals surface area contributed by atoms with E-state index in [1.807, 2.05) is 11.1 Å². The molecular formula is C17H22ClFN4OS. The van der Waals surface area contributed by atoms with E-state index in [1.54, 1.807) is 12.1 Å². The summed E-state index contributed by atoms with van der Waals surface area (Å²) in [5.74, 6) is -0.240. The van der Waals surface area contributed by atoms with Crippen LogP contribution in [0.4, 0.5) is 9.52 Å². The van der Waals surface area contributed by atoms with Gasteiger partial charge in [-0.1, -0.05) is 12.1 Å². The molecule has 1 saturated heterocycles. The molecule has 8 heteroatoms. The Bertz CT molecular complexity index is 711. The number of hydrogen-bond donors (Lipinski definition) is 1. The lowest BCUT2D eigenvalue weighted by Gasteiger charge is -2.21. The number of benzene rings is 1. The van der Waals surface area contributed by atoms with Gasteiger partial charge in [0.05, 0.1) is 6.42 Å². The van der Waals surface area contributed by atoms with Gasteiger partial charge in [-0.25, -0.2) is 9.37 Å². The average molecular weight is 385 g/mol. The molecule has 0 saturated carbocycles. The number of aromatic nitrogens is 1. The standard InChI is InChI=1S/C17H21FN4OS.ClH/c18-14-4-1-3-13(9-14)10-16(23)22-6-2-5-21(7-8-22)12-15-11-20-17(19)24-15;/h1,3-4,9,11H,2,5-8,10,12H2,(H2,19,20);1H. The first-order valence-electron chi connectivity index (χ1n) is 8.05. The van der Waals surface area contributed by atoms with E-state index in [-0.39, 0.29) is 30.6 Å². The highest BCUT2D eigenvalue weighted by molar-refractivity contribution is 7.15. The van der Waals surface area contributed by atoms with Crippen LogP contribution in [0.3, 0.4) is 0 Å². The highest BCUT2D eigenvalue weighted by atomic mass is 35.5. The predicted molar refractivity (Wildman–Crippen MR) is 100 cm³/mol. The SMILES string of the molecule is Cl.Nc1ncc(CN2CCCN(C(=O)Cc3cccc(F)c3)CC2)s1. The summed E-state index contributed by atoms with van der Waals surface area (Å²) in [6.45, 7) is 4.03. The quantitative estimate of drug-likeness (QED) is 0.880. The normalized spacial score (nSPS) is 15.5. The van der Waals surface area contributed by atoms with Crippen LogP contribution in [0.2, 0.25) is 0 Å². The zero-order chi connectivity index (χ0) is 16.9. The fourth-order valence-corrected chi connectivity index (χ4v) is 3.65. The van der Waals surface area contributed by atoms with Crippen LogP contribution in [0.1, 0.15) is 16.9 Å². The summed E-state index contributed by atoms with van der Waals surface area (Å²) in [5, 5.41) is 0.590. The number of carbonyl (C=O) groups is 1. The molecular weight excluding hydrogens is 363 g/mol. The van der Waals surface area contributed by atoms with Crippen molar-refractivity contribution < 1.29 is 9.18 Å². The molecule has 1 fully saturated rings. The van der Waals surface area contributed by atoms with Crippen molar-refractivity contribution in [2.45, 2.75) is 19.4 Å². The Morgan fingerprint density at radius 1 is 1.28 bits per heavy atom. The van der Waals surface area contributed by atoms with Crippen molar-refractivity contribution in [3.8, 4) is 0 Å². The highest BCUT2D eigenvalue weighted by Crippen LogP contribution is 2.18. The predicted octanol–water partition coefficient (Wildman–Crippen LogP) is 2.56. The largest absolute Gasteiger partial charge is 0.375 e. The highest BCUT2D eigenvalue weighted by Gasteiger charge is 2.20. The van der Waals surface area contributed by atoms with Crippen LogP contribution in [-0.4, -0.2) is 46.9 Å². The Kier molecular flexibility index (Phi) is 7.16. The molecule has 1 aromatic carbocycles. The van der Waals surface area contributed by atoms with E-state index in [2.05, 4.69) is 9.88 Å². The first-order chi connectivity index (χ1) is 11.6. The number of thiazole rings is 1. The summed E-state index contributed by atoms with van der Waals surface area (Å²) in [5.41, 5.74) is 6.39. The van der Waals surface area contributed by atoms with Crippen molar-refractivity contribution in [1.29, 1.82) is 0 Å². The molecule has 1 amide bonds. The molecule has 2 heterocycles. The number of amides is 1. The molecule has 0 spiro atoms. The first-order valence-corrected chi connectivity index (χ1v) is 8.86. The summed E-state index contributed by atoms with van der Waals surface area (Å²) in [7, 11) is 0. The first kappa shape index (κ1) is 19.6. The topological polar surface area (TPSA) is 62.5 Å². The van der Waals surface area contributed by atoms with E-state index < -0.39 is 0 Å². The third-order valence-corrected chi connectivity index (χ3v) is 4.95. The van der Waals surface area contributed by atoms with Gasteiger partial charge in [-0.15, -0.1) is 23.7 Å². The Hall–Kier alpha value is -1.70. The van der Waals surface area contributed by atoms with Gasteiger partial charge in [0, 0.05) is 43.8 Å². The van der Waals surface area contributed by atoms with E-state index >= 15 is 0 Å². The Morgan fingerprint density at radius 3 is 2.84 bits per heavy atom. The minimum absolute atomic E-state index is 0. The van der Waals surface area contributed by atoms with E-state index in [9.17, 15) is 9.18 Å². The summed E-state index contributed by atoms with van der Waals surface area (Å²) < 4.78 is 13.2. The van der Waals surface area contributed by atoms with Crippen LogP contribution in [0, 0.1) is 5.82 Å². The lowest BCUT2D eigenvalue weighted by atomic mass is 10.1. The fourth-order valence-electron chi connectivity index (χ4n) is 2.93. The van der Waals surface area contributed by atoms with Crippen molar-refractivity contribution in [3.05, 3.63) is 46.7 Å². The summed E-state index contributed by atoms with van der Waals surface area (Å²) in [6.07, 6.45) is 3.00. The molecule has 0 atom stereocenters. The molecule has 2 aromatic rings. The molecule has 1 aromatic heterocycles. The van der Waals surface area contributed by atoms with Crippen LogP contribution in [-0.2, 0) is 17.8 Å². The number of nitrogens with two attached hydrogens (primary N) is 1. The number of hydrogen-bond acceptors (Lipinski definition) is 5. The average Bonchev–Trinajstić information content (AvgIpc) is 2.81. The van der Waals surface area contributed by atoms with Crippen molar-refractivity contribution in [2.75, 3.05) is 31.9 Å². The number of halogens is 2. The Labute approximate surface area is 157 Å². The number of nitrogens with zero attached hydrogens (tertiary/aromatic N) is 3. The van der Waals surface area contributed by atoms with Crippen LogP contribution < -0.4 is 5.73 Å². The van der Waals surface area contributed by atoms with Gasteiger partial charge >= 0.3 is 0 Å². The monoisotopic (exact) mass is 384 g/mol. The zero-order valence-corrected chi connectivity index (χ0v) is 15.5. The maximum atomic E-state index is 13.2. The number of anilines is 1. The second-order valence-corrected chi connectivity index (χ2v) is 7.13. The minimum atomic E-state index is -0.300. The summed E-state index contributed by atoms with van der Waals surface area (Å²) in [6, 6.07) is 6.25. The van der Waals surface area contributed by atoms with Crippen LogP contribution >= 0.6 is 23.7 Å². The van der Waals surface area contributed by atoms with E-state index in [0.717, 1.165) is 43.0 Å². The van der Waals surface area contributed by atoms with Crippen molar-refractivity contribution in [3.63, 3.8) is 0 Å². The third kappa shape index (κ3) is 5.66. The van der Waals surface area contributed by atoms with E-state index in [1.165, 1.54) is 23.5 Å². The van der Waals surface area contributed by atoms with Gasteiger partial charge < -0.3 is 10.6 Å². The van der Waals surface area contributed by atoms with Crippen LogP contribution in [0.15, 0.2) is 30.5 Å². The molecule has 3 rings (SSSR count). The van der Waals surface area contributed by atoms with Gasteiger partial charge in [0.25, 0.3) is 0 Å². The molecule has 1 aliphatic rings. The molecule has 0 radical (unpaired) electrons. The van der Waals surface area contributed by atoms with Crippen molar-refractivity contribution in [2.24, 2.45) is 0 Å². The molecule has 0 bridgehead atoms. The van der Waals surface area contributed by atoms with Gasteiger partial charge in [-0.3, -0.25) is 9.69 Å². The second-order valence-electron chi connectivity index (χ2n) is 5.98. The van der Waals surface area contributed by atoms with Gasteiger partial charge in [0.1, 0.15) is 5.82 Å². The lowest BCUT2D eigenvalue weighted by Crippen LogP contribution is -2.36. The fraction of sp³-hybridized carbons (Fsp3) is 0.412. The zero-order valence-electron chi connectivity index (χ0n) is 13.9. The molecule has 0 aliphatic carbocycles. The molecule has 25 heavy (non-hydrogen) atoms. The maximum Gasteiger partial charge on any atom is 0.227 e. The van der Waals surface area contributed by atoms with E-state index in [4.69, 9.17) is 5.73 Å². The number of rotatable bonds is 4. The lowest BCUT2D eigenvalue weighted by molar-refractivity contribution is -0.130. The minimum Gasteiger partial charge on any atom is -0.375 e. The van der Waals surface area contributed by atoms with Gasteiger partial charge in [0.2, 0.25) is 5.91 Å². The van der Waals surface area contributed by atoms with Gasteiger partial charge in [-0.2, -0.15) is 0 Å². The van der Waals surface area contributed by atoms with Crippen molar-refractivity contribution >= 4 is 34.8 Å². The summed E-state index contributed by atoms with van der Waals surface area (Å²) >= 11 is 1.51. The van der Waals surface area contributed by atoms with E-state index in [0.29, 0.717) is 11.7 Å². The Morgan fingerprint density at radius 2 is 2.12 bits per heavy atom. The molecule has 136 valence electrons. The number of nitrogen functional groups attached to an aromatic ring is 1. The Balaban J connectivity index is 0.00000225. The third-order valence-electron chi connectivity index (χ3n) is 4.14. The van der Waals surface area contributed by atoms with Crippen LogP contribution in [0.25, 0.3) is 0 Å². The molecule has 1 aliphatic heterocycles. The van der Waals surface area contributed by atoms with Gasteiger partial charge in [-0.05, 0) is 24.1 Å². The molecule has 5 nitrogen and oxygen atoms in total. The van der Waals surface area contributed by atoms with Gasteiger partial charge in [0.15, 0.2) is 5.13 Å². The van der Waals surface area contributed by atoms with Crippen molar-refractivity contribution in [1.82, 2.24) is 14.8 Å². The molecule has 0 unspecified atom stereocenters.